The van der Waals surface area contributed by atoms with Crippen LogP contribution in [0.15, 0.2) is 0 Å². The summed E-state index contributed by atoms with van der Waals surface area (Å²) in [6, 6.07) is 0. The van der Waals surface area contributed by atoms with Crippen LogP contribution in [-0.4, -0.2) is 49.1 Å². The summed E-state index contributed by atoms with van der Waals surface area (Å²) in [5, 5.41) is 11.3. The fraction of sp³-hybridized carbons (Fsp3) is 1.00. The molecule has 0 aromatic carbocycles. The van der Waals surface area contributed by atoms with Gasteiger partial charge in [-0.15, -0.1) is 0 Å². The fourth-order valence-electron chi connectivity index (χ4n) is 0.693. The minimum absolute atomic E-state index is 0.181. The van der Waals surface area contributed by atoms with Gasteiger partial charge in [-0.2, -0.15) is 0 Å². The number of rotatable bonds is 5. The molecule has 1 atom stereocenters. The van der Waals surface area contributed by atoms with Crippen LogP contribution in [0.4, 0.5) is 0 Å². The van der Waals surface area contributed by atoms with Crippen molar-refractivity contribution in [1.29, 1.82) is 0 Å². The first-order valence-electron chi connectivity index (χ1n) is 4.54. The van der Waals surface area contributed by atoms with E-state index in [0.717, 1.165) is 0 Å². The Morgan fingerprint density at radius 3 is 2.31 bits per heavy atom. The molecule has 4 nitrogen and oxygen atoms in total. The zero-order valence-corrected chi connectivity index (χ0v) is 9.29. The third-order valence-electron chi connectivity index (χ3n) is 1.35. The first-order valence-corrected chi connectivity index (χ1v) is 4.54. The highest BCUT2D eigenvalue weighted by molar-refractivity contribution is 4.62. The lowest BCUT2D eigenvalue weighted by atomic mass is 10.2. The van der Waals surface area contributed by atoms with E-state index < -0.39 is 6.10 Å². The summed E-state index contributed by atoms with van der Waals surface area (Å²) in [6.07, 6.45) is -0.457. The summed E-state index contributed by atoms with van der Waals surface area (Å²) >= 11 is 0. The second-order valence-electron chi connectivity index (χ2n) is 4.33. The van der Waals surface area contributed by atoms with Crippen LogP contribution in [-0.2, 0) is 4.74 Å². The molecule has 0 fully saturated rings. The third kappa shape index (κ3) is 9.76. The molecule has 0 aromatic rings. The number of nitrogens with zero attached hydrogens (tertiary/aromatic N) is 1. The number of hydrogen-bond acceptors (Lipinski definition) is 4. The fourth-order valence-corrected chi connectivity index (χ4v) is 0.693. The predicted octanol–water partition coefficient (Wildman–Crippen LogP) is 0.229. The standard InChI is InChI=1S/C9H22N2O2/c1-9(2,3)13-7-8(12)6-10-11(4)5/h8,10,12H,6-7H2,1-5H3. The summed E-state index contributed by atoms with van der Waals surface area (Å²) in [7, 11) is 3.77. The van der Waals surface area contributed by atoms with Gasteiger partial charge in [0.05, 0.1) is 18.3 Å². The average molecular weight is 190 g/mol. The van der Waals surface area contributed by atoms with Gasteiger partial charge in [0, 0.05) is 20.6 Å². The molecule has 0 radical (unpaired) electrons. The molecule has 0 aliphatic rings. The highest BCUT2D eigenvalue weighted by Crippen LogP contribution is 2.06. The van der Waals surface area contributed by atoms with Crippen molar-refractivity contribution in [2.24, 2.45) is 0 Å². The maximum Gasteiger partial charge on any atom is 0.0911 e. The SMILES string of the molecule is CN(C)NCC(O)COC(C)(C)C. The topological polar surface area (TPSA) is 44.7 Å². The Hall–Kier alpha value is -0.160. The first-order chi connectivity index (χ1) is 5.81. The monoisotopic (exact) mass is 190 g/mol. The van der Waals surface area contributed by atoms with Crippen molar-refractivity contribution >= 4 is 0 Å². The first kappa shape index (κ1) is 12.8. The molecule has 13 heavy (non-hydrogen) atoms. The van der Waals surface area contributed by atoms with Crippen molar-refractivity contribution in [3.8, 4) is 0 Å². The zero-order valence-electron chi connectivity index (χ0n) is 9.29. The van der Waals surface area contributed by atoms with E-state index in [-0.39, 0.29) is 5.60 Å². The minimum atomic E-state index is -0.457. The van der Waals surface area contributed by atoms with Crippen molar-refractivity contribution < 1.29 is 9.84 Å². The number of hydrazine groups is 1. The lowest BCUT2D eigenvalue weighted by Crippen LogP contribution is -2.39. The smallest absolute Gasteiger partial charge is 0.0911 e. The molecule has 0 aliphatic heterocycles. The van der Waals surface area contributed by atoms with Crippen LogP contribution < -0.4 is 5.43 Å². The van der Waals surface area contributed by atoms with Gasteiger partial charge in [0.25, 0.3) is 0 Å². The van der Waals surface area contributed by atoms with Gasteiger partial charge >= 0.3 is 0 Å². The van der Waals surface area contributed by atoms with Gasteiger partial charge in [0.1, 0.15) is 0 Å². The molecule has 0 heterocycles. The number of aliphatic hydroxyl groups is 1. The highest BCUT2D eigenvalue weighted by Gasteiger charge is 2.13. The molecule has 0 aliphatic carbocycles. The van der Waals surface area contributed by atoms with Crippen LogP contribution in [0.5, 0.6) is 0 Å². The van der Waals surface area contributed by atoms with E-state index >= 15 is 0 Å². The Morgan fingerprint density at radius 2 is 1.92 bits per heavy atom. The van der Waals surface area contributed by atoms with Crippen LogP contribution in [0.2, 0.25) is 0 Å². The van der Waals surface area contributed by atoms with Crippen molar-refractivity contribution in [3.05, 3.63) is 0 Å². The Labute approximate surface area is 80.8 Å². The molecule has 80 valence electrons. The van der Waals surface area contributed by atoms with Crippen molar-refractivity contribution in [1.82, 2.24) is 10.4 Å². The van der Waals surface area contributed by atoms with Gasteiger partial charge in [-0.25, -0.2) is 0 Å². The summed E-state index contributed by atoms with van der Waals surface area (Å²) in [5.74, 6) is 0. The largest absolute Gasteiger partial charge is 0.389 e. The van der Waals surface area contributed by atoms with E-state index in [0.29, 0.717) is 13.2 Å². The summed E-state index contributed by atoms with van der Waals surface area (Å²) < 4.78 is 5.41. The maximum absolute atomic E-state index is 9.45. The molecular weight excluding hydrogens is 168 g/mol. The van der Waals surface area contributed by atoms with E-state index in [1.165, 1.54) is 0 Å². The quantitative estimate of drug-likeness (QED) is 0.609. The van der Waals surface area contributed by atoms with Crippen LogP contribution in [0.25, 0.3) is 0 Å². The van der Waals surface area contributed by atoms with Crippen molar-refractivity contribution in [3.63, 3.8) is 0 Å². The second kappa shape index (κ2) is 5.54. The van der Waals surface area contributed by atoms with Gasteiger partial charge < -0.3 is 9.84 Å². The molecule has 1 unspecified atom stereocenters. The number of aliphatic hydroxyl groups excluding tert-OH is 1. The average Bonchev–Trinajstić information content (AvgIpc) is 1.95. The molecule has 4 heteroatoms. The second-order valence-corrected chi connectivity index (χ2v) is 4.33. The maximum atomic E-state index is 9.45. The van der Waals surface area contributed by atoms with Crippen molar-refractivity contribution in [2.45, 2.75) is 32.5 Å². The van der Waals surface area contributed by atoms with Gasteiger partial charge in [0.2, 0.25) is 0 Å². The molecular formula is C9H22N2O2. The molecule has 0 amide bonds. The van der Waals surface area contributed by atoms with Gasteiger partial charge in [-0.05, 0) is 20.8 Å². The van der Waals surface area contributed by atoms with E-state index in [9.17, 15) is 5.11 Å². The van der Waals surface area contributed by atoms with Crippen LogP contribution in [0.1, 0.15) is 20.8 Å². The molecule has 0 saturated heterocycles. The number of hydrogen-bond donors (Lipinski definition) is 2. The normalized spacial score (nSPS) is 15.0. The Balaban J connectivity index is 3.46. The van der Waals surface area contributed by atoms with Gasteiger partial charge in [-0.1, -0.05) is 0 Å². The lowest BCUT2D eigenvalue weighted by Gasteiger charge is -2.23. The Morgan fingerprint density at radius 1 is 1.38 bits per heavy atom. The molecule has 0 spiro atoms. The highest BCUT2D eigenvalue weighted by atomic mass is 16.5. The van der Waals surface area contributed by atoms with Crippen LogP contribution in [0, 0.1) is 0 Å². The lowest BCUT2D eigenvalue weighted by molar-refractivity contribution is -0.0507. The van der Waals surface area contributed by atoms with E-state index in [2.05, 4.69) is 5.43 Å². The van der Waals surface area contributed by atoms with E-state index in [4.69, 9.17) is 4.74 Å². The van der Waals surface area contributed by atoms with Crippen LogP contribution in [0.3, 0.4) is 0 Å². The number of ether oxygens (including phenoxy) is 1. The number of nitrogens with one attached hydrogen (secondary N) is 1. The Bertz CT molecular complexity index is 132. The summed E-state index contributed by atoms with van der Waals surface area (Å²) in [6.45, 7) is 6.80. The van der Waals surface area contributed by atoms with Crippen molar-refractivity contribution in [2.75, 3.05) is 27.2 Å². The Kier molecular flexibility index (Phi) is 5.48. The molecule has 0 rings (SSSR count). The molecule has 0 saturated carbocycles. The van der Waals surface area contributed by atoms with Crippen LogP contribution >= 0.6 is 0 Å². The van der Waals surface area contributed by atoms with Gasteiger partial charge in [0.15, 0.2) is 0 Å². The van der Waals surface area contributed by atoms with Gasteiger partial charge in [-0.3, -0.25) is 10.4 Å². The zero-order chi connectivity index (χ0) is 10.5. The molecule has 0 bridgehead atoms. The third-order valence-corrected chi connectivity index (χ3v) is 1.35. The molecule has 2 N–H and O–H groups in total. The summed E-state index contributed by atoms with van der Waals surface area (Å²) in [5.41, 5.74) is 2.80. The minimum Gasteiger partial charge on any atom is -0.389 e. The summed E-state index contributed by atoms with van der Waals surface area (Å²) in [4.78, 5) is 0. The van der Waals surface area contributed by atoms with E-state index in [1.807, 2.05) is 34.9 Å². The van der Waals surface area contributed by atoms with E-state index in [1.54, 1.807) is 5.01 Å². The molecule has 0 aromatic heterocycles. The predicted molar refractivity (Wildman–Crippen MR) is 53.4 cm³/mol.